The van der Waals surface area contributed by atoms with Crippen molar-refractivity contribution in [3.8, 4) is 11.5 Å². The first kappa shape index (κ1) is 18.8. The molecule has 0 atom stereocenters. The van der Waals surface area contributed by atoms with E-state index in [-0.39, 0.29) is 12.4 Å². The van der Waals surface area contributed by atoms with Crippen LogP contribution in [0.4, 0.5) is 0 Å². The van der Waals surface area contributed by atoms with E-state index in [1.807, 2.05) is 43.3 Å². The summed E-state index contributed by atoms with van der Waals surface area (Å²) in [5.41, 5.74) is 7.65. The van der Waals surface area contributed by atoms with E-state index in [4.69, 9.17) is 20.0 Å². The van der Waals surface area contributed by atoms with E-state index >= 15 is 0 Å². The Kier molecular flexibility index (Phi) is 6.82. The monoisotopic (exact) mass is 406 g/mol. The van der Waals surface area contributed by atoms with E-state index in [2.05, 4.69) is 21.1 Å². The number of nitrogens with zero attached hydrogens (tertiary/aromatic N) is 1. The van der Waals surface area contributed by atoms with Crippen molar-refractivity contribution in [2.45, 2.75) is 13.3 Å². The number of halogens is 1. The Morgan fingerprint density at radius 3 is 2.72 bits per heavy atom. The third-order valence-corrected chi connectivity index (χ3v) is 4.20. The maximum Gasteiger partial charge on any atom is 0.372 e. The number of carbonyl (C=O) groups is 1. The average Bonchev–Trinajstić information content (AvgIpc) is 2.61. The highest BCUT2D eigenvalue weighted by Crippen LogP contribution is 2.21. The highest BCUT2D eigenvalue weighted by molar-refractivity contribution is 9.10. The third-order valence-electron chi connectivity index (χ3n) is 3.31. The van der Waals surface area contributed by atoms with Gasteiger partial charge in [0.1, 0.15) is 17.3 Å². The number of hydrogen-bond acceptors (Lipinski definition) is 5. The maximum atomic E-state index is 11.7. The molecule has 6 nitrogen and oxygen atoms in total. The van der Waals surface area contributed by atoms with E-state index < -0.39 is 5.97 Å². The molecule has 0 amide bonds. The Balaban J connectivity index is 1.85. The molecule has 2 aromatic carbocycles. The zero-order chi connectivity index (χ0) is 18.2. The van der Waals surface area contributed by atoms with Gasteiger partial charge in [0, 0.05) is 16.5 Å². The van der Waals surface area contributed by atoms with Crippen LogP contribution in [0.15, 0.2) is 52.1 Å². The fourth-order valence-corrected chi connectivity index (χ4v) is 2.31. The van der Waals surface area contributed by atoms with E-state index in [9.17, 15) is 4.79 Å². The van der Waals surface area contributed by atoms with E-state index in [1.165, 1.54) is 0 Å². The molecular weight excluding hydrogens is 388 g/mol. The van der Waals surface area contributed by atoms with Gasteiger partial charge in [-0.3, -0.25) is 0 Å². The molecule has 0 radical (unpaired) electrons. The fourth-order valence-electron chi connectivity index (χ4n) is 2.06. The van der Waals surface area contributed by atoms with Crippen molar-refractivity contribution >= 4 is 27.7 Å². The zero-order valence-electron chi connectivity index (χ0n) is 14.0. The van der Waals surface area contributed by atoms with Gasteiger partial charge in [0.2, 0.25) is 0 Å². The summed E-state index contributed by atoms with van der Waals surface area (Å²) in [5.74, 6) is 0.797. The van der Waals surface area contributed by atoms with E-state index in [0.29, 0.717) is 17.9 Å². The third kappa shape index (κ3) is 5.79. The Morgan fingerprint density at radius 2 is 2.00 bits per heavy atom. The van der Waals surface area contributed by atoms with Crippen LogP contribution >= 0.6 is 15.9 Å². The van der Waals surface area contributed by atoms with Crippen molar-refractivity contribution in [2.75, 3.05) is 13.7 Å². The number of methoxy groups -OCH3 is 1. The molecular formula is C18H19BrN2O4. The van der Waals surface area contributed by atoms with Crippen LogP contribution in [0.2, 0.25) is 0 Å². The van der Waals surface area contributed by atoms with Gasteiger partial charge in [-0.2, -0.15) is 0 Å². The summed E-state index contributed by atoms with van der Waals surface area (Å²) in [5, 5.41) is 3.64. The molecule has 0 spiro atoms. The molecule has 0 bridgehead atoms. The van der Waals surface area contributed by atoms with Crippen molar-refractivity contribution < 1.29 is 19.1 Å². The molecule has 0 aliphatic carbocycles. The Bertz CT molecular complexity index is 777. The second-order valence-corrected chi connectivity index (χ2v) is 6.09. The first-order chi connectivity index (χ1) is 12.0. The van der Waals surface area contributed by atoms with Crippen LogP contribution in [0.3, 0.4) is 0 Å². The predicted molar refractivity (Wildman–Crippen MR) is 98.8 cm³/mol. The summed E-state index contributed by atoms with van der Waals surface area (Å²) in [6.07, 6.45) is 0.310. The molecule has 0 saturated heterocycles. The Labute approximate surface area is 154 Å². The van der Waals surface area contributed by atoms with Crippen LogP contribution in [0.1, 0.15) is 11.1 Å². The minimum atomic E-state index is -0.636. The number of oxime groups is 1. The lowest BCUT2D eigenvalue weighted by Gasteiger charge is -2.08. The average molecular weight is 407 g/mol. The number of carbonyl (C=O) groups excluding carboxylic acids is 1. The van der Waals surface area contributed by atoms with Gasteiger partial charge >= 0.3 is 5.97 Å². The van der Waals surface area contributed by atoms with Gasteiger partial charge in [0.05, 0.1) is 7.11 Å². The van der Waals surface area contributed by atoms with E-state index in [1.54, 1.807) is 13.2 Å². The number of nitrogens with two attached hydrogens (primary N) is 1. The number of para-hydroxylation sites is 1. The molecule has 2 aromatic rings. The zero-order valence-corrected chi connectivity index (χ0v) is 15.6. The van der Waals surface area contributed by atoms with Gasteiger partial charge in [0.15, 0.2) is 6.61 Å². The largest absolute Gasteiger partial charge is 0.496 e. The van der Waals surface area contributed by atoms with Gasteiger partial charge in [0.25, 0.3) is 0 Å². The number of ether oxygens (including phenoxy) is 2. The Hall–Kier alpha value is -2.54. The summed E-state index contributed by atoms with van der Waals surface area (Å²) in [7, 11) is 1.58. The molecule has 2 N–H and O–H groups in total. The highest BCUT2D eigenvalue weighted by atomic mass is 79.9. The van der Waals surface area contributed by atoms with Crippen molar-refractivity contribution in [2.24, 2.45) is 10.9 Å². The number of rotatable bonds is 7. The quantitative estimate of drug-likeness (QED) is 0.330. The second-order valence-electron chi connectivity index (χ2n) is 5.23. The van der Waals surface area contributed by atoms with Crippen molar-refractivity contribution in [3.63, 3.8) is 0 Å². The second kappa shape index (κ2) is 9.08. The summed E-state index contributed by atoms with van der Waals surface area (Å²) in [4.78, 5) is 16.5. The lowest BCUT2D eigenvalue weighted by Crippen LogP contribution is -2.19. The smallest absolute Gasteiger partial charge is 0.372 e. The molecule has 0 aliphatic rings. The normalized spacial score (nSPS) is 11.1. The summed E-state index contributed by atoms with van der Waals surface area (Å²) < 4.78 is 11.6. The Morgan fingerprint density at radius 1 is 1.24 bits per heavy atom. The van der Waals surface area contributed by atoms with Crippen LogP contribution in [0.5, 0.6) is 11.5 Å². The SMILES string of the molecule is COc1ccccc1C/C(N)=N/OC(=O)COc1ccc(Br)c(C)c1. The number of hydrogen-bond donors (Lipinski definition) is 1. The molecule has 0 saturated carbocycles. The van der Waals surface area contributed by atoms with Crippen molar-refractivity contribution in [1.82, 2.24) is 0 Å². The molecule has 25 heavy (non-hydrogen) atoms. The van der Waals surface area contributed by atoms with Gasteiger partial charge in [-0.1, -0.05) is 39.3 Å². The summed E-state index contributed by atoms with van der Waals surface area (Å²) >= 11 is 3.40. The first-order valence-electron chi connectivity index (χ1n) is 7.52. The van der Waals surface area contributed by atoms with Crippen molar-refractivity contribution in [3.05, 3.63) is 58.1 Å². The molecule has 0 unspecified atom stereocenters. The highest BCUT2D eigenvalue weighted by Gasteiger charge is 2.08. The number of benzene rings is 2. The number of aryl methyl sites for hydroxylation is 1. The minimum Gasteiger partial charge on any atom is -0.496 e. The molecule has 0 aliphatic heterocycles. The van der Waals surface area contributed by atoms with Crippen LogP contribution < -0.4 is 15.2 Å². The van der Waals surface area contributed by atoms with Crippen LogP contribution in [0.25, 0.3) is 0 Å². The summed E-state index contributed by atoms with van der Waals surface area (Å²) in [6.45, 7) is 1.67. The maximum absolute atomic E-state index is 11.7. The molecule has 2 rings (SSSR count). The van der Waals surface area contributed by atoms with Gasteiger partial charge in [-0.25, -0.2) is 4.79 Å². The molecule has 7 heteroatoms. The summed E-state index contributed by atoms with van der Waals surface area (Å²) in [6, 6.07) is 12.8. The minimum absolute atomic E-state index is 0.164. The predicted octanol–water partition coefficient (Wildman–Crippen LogP) is 3.20. The van der Waals surface area contributed by atoms with Crippen LogP contribution in [-0.4, -0.2) is 25.5 Å². The topological polar surface area (TPSA) is 83.1 Å². The van der Waals surface area contributed by atoms with Gasteiger partial charge in [-0.15, -0.1) is 0 Å². The molecule has 0 aromatic heterocycles. The van der Waals surface area contributed by atoms with E-state index in [0.717, 1.165) is 15.6 Å². The van der Waals surface area contributed by atoms with Gasteiger partial charge < -0.3 is 20.0 Å². The van der Waals surface area contributed by atoms with Crippen LogP contribution in [-0.2, 0) is 16.1 Å². The lowest BCUT2D eigenvalue weighted by molar-refractivity contribution is -0.146. The standard InChI is InChI=1S/C18H19BrN2O4/c1-12-9-14(7-8-15(12)19)24-11-18(22)25-21-17(20)10-13-5-3-4-6-16(13)23-2/h3-9H,10-11H2,1-2H3,(H2,20,21). The van der Waals surface area contributed by atoms with Crippen molar-refractivity contribution in [1.29, 1.82) is 0 Å². The number of amidine groups is 1. The molecule has 0 heterocycles. The molecule has 0 fully saturated rings. The lowest BCUT2D eigenvalue weighted by atomic mass is 10.1. The van der Waals surface area contributed by atoms with Crippen LogP contribution in [0, 0.1) is 6.92 Å². The fraction of sp³-hybridized carbons (Fsp3) is 0.222. The first-order valence-corrected chi connectivity index (χ1v) is 8.32. The molecule has 132 valence electrons. The van der Waals surface area contributed by atoms with Gasteiger partial charge in [-0.05, 0) is 36.8 Å².